The van der Waals surface area contributed by atoms with E-state index in [1.165, 1.54) is 0 Å². The first-order chi connectivity index (χ1) is 12.5. The van der Waals surface area contributed by atoms with Crippen molar-refractivity contribution in [3.8, 4) is 0 Å². The van der Waals surface area contributed by atoms with Crippen molar-refractivity contribution in [1.29, 1.82) is 0 Å². The number of benzene rings is 3. The van der Waals surface area contributed by atoms with Crippen LogP contribution in [0.4, 0.5) is 4.39 Å². The van der Waals surface area contributed by atoms with Crippen LogP contribution in [0.5, 0.6) is 0 Å². The third-order valence-corrected chi connectivity index (χ3v) is 9.00. The fraction of sp³-hybridized carbons (Fsp3) is 0.100. The number of alkyl halides is 1. The lowest BCUT2D eigenvalue weighted by Crippen LogP contribution is -2.20. The van der Waals surface area contributed by atoms with E-state index in [4.69, 9.17) is 3.63 Å². The van der Waals surface area contributed by atoms with Crippen LogP contribution in [0.3, 0.4) is 0 Å². The van der Waals surface area contributed by atoms with Crippen molar-refractivity contribution in [3.05, 3.63) is 91.0 Å². The highest BCUT2D eigenvalue weighted by atomic mass is 32.3. The summed E-state index contributed by atoms with van der Waals surface area (Å²) in [6, 6.07) is 27.3. The van der Waals surface area contributed by atoms with Crippen LogP contribution in [-0.4, -0.2) is 13.9 Å². The number of rotatable bonds is 6. The Labute approximate surface area is 155 Å². The molecule has 0 aliphatic carbocycles. The third-order valence-electron chi connectivity index (χ3n) is 3.82. The Kier molecular flexibility index (Phi) is 5.46. The Morgan fingerprint density at radius 2 is 1.00 bits per heavy atom. The normalized spacial score (nSPS) is 13.9. The molecule has 1 unspecified atom stereocenters. The SMILES string of the molecule is CC(F)S(=O)(=O)OS(c1ccccc1)(c1ccccc1)c1ccccc1. The summed E-state index contributed by atoms with van der Waals surface area (Å²) in [6.07, 6.45) is 0. The Morgan fingerprint density at radius 1 is 0.692 bits per heavy atom. The smallest absolute Gasteiger partial charge is 0.228 e. The summed E-state index contributed by atoms with van der Waals surface area (Å²) >= 11 is 0. The third kappa shape index (κ3) is 3.53. The molecule has 3 nitrogen and oxygen atoms in total. The second-order valence-corrected chi connectivity index (χ2v) is 10.3. The van der Waals surface area contributed by atoms with E-state index in [2.05, 4.69) is 0 Å². The van der Waals surface area contributed by atoms with Gasteiger partial charge in [0.05, 0.1) is 0 Å². The van der Waals surface area contributed by atoms with Gasteiger partial charge in [0, 0.05) is 14.7 Å². The highest BCUT2D eigenvalue weighted by Gasteiger charge is 2.39. The lowest BCUT2D eigenvalue weighted by molar-refractivity contribution is 0.403. The molecule has 0 fully saturated rings. The molecule has 0 aliphatic heterocycles. The van der Waals surface area contributed by atoms with Crippen LogP contribution < -0.4 is 0 Å². The molecule has 26 heavy (non-hydrogen) atoms. The monoisotopic (exact) mass is 390 g/mol. The maximum atomic E-state index is 13.9. The van der Waals surface area contributed by atoms with E-state index in [0.29, 0.717) is 14.7 Å². The van der Waals surface area contributed by atoms with Gasteiger partial charge in [-0.1, -0.05) is 54.6 Å². The molecule has 1 atom stereocenters. The molecule has 0 aliphatic rings. The van der Waals surface area contributed by atoms with E-state index >= 15 is 0 Å². The standard InChI is InChI=1S/C20H19FO3S2/c1-17(21)26(22,23)24-25(18-11-5-2-6-12-18,19-13-7-3-8-14-19)20-15-9-4-10-16-20/h2-17H,1H3. The van der Waals surface area contributed by atoms with Crippen LogP contribution in [0.2, 0.25) is 0 Å². The van der Waals surface area contributed by atoms with Gasteiger partial charge < -0.3 is 0 Å². The Balaban J connectivity index is 2.36. The van der Waals surface area contributed by atoms with Gasteiger partial charge in [-0.25, -0.2) is 8.02 Å². The van der Waals surface area contributed by atoms with Gasteiger partial charge >= 0.3 is 10.1 Å². The predicted octanol–water partition coefficient (Wildman–Crippen LogP) is 5.55. The van der Waals surface area contributed by atoms with E-state index in [1.807, 2.05) is 91.0 Å². The zero-order valence-corrected chi connectivity index (χ0v) is 15.8. The second kappa shape index (κ2) is 7.61. The van der Waals surface area contributed by atoms with Crippen molar-refractivity contribution in [3.63, 3.8) is 0 Å². The summed E-state index contributed by atoms with van der Waals surface area (Å²) in [4.78, 5) is 2.05. The van der Waals surface area contributed by atoms with Crippen LogP contribution in [0.1, 0.15) is 6.92 Å². The van der Waals surface area contributed by atoms with Crippen LogP contribution in [-0.2, 0) is 13.7 Å². The molecule has 0 heterocycles. The van der Waals surface area contributed by atoms with Gasteiger partial charge in [0.25, 0.3) is 0 Å². The van der Waals surface area contributed by atoms with Crippen LogP contribution in [0.15, 0.2) is 106 Å². The molecular weight excluding hydrogens is 371 g/mol. The number of hydrogen-bond acceptors (Lipinski definition) is 3. The molecule has 0 amide bonds. The summed E-state index contributed by atoms with van der Waals surface area (Å²) < 4.78 is 44.6. The lowest BCUT2D eigenvalue weighted by atomic mass is 10.4. The van der Waals surface area contributed by atoms with E-state index in [1.54, 1.807) is 0 Å². The highest BCUT2D eigenvalue weighted by molar-refractivity contribution is 8.33. The summed E-state index contributed by atoms with van der Waals surface area (Å²) in [5.41, 5.74) is -2.13. The number of halogens is 1. The second-order valence-electron chi connectivity index (χ2n) is 5.60. The maximum absolute atomic E-state index is 13.9. The first-order valence-corrected chi connectivity index (χ1v) is 11.1. The van der Waals surface area contributed by atoms with Crippen molar-refractivity contribution in [2.75, 3.05) is 0 Å². The first-order valence-electron chi connectivity index (χ1n) is 8.04. The fourth-order valence-electron chi connectivity index (χ4n) is 2.56. The average molecular weight is 391 g/mol. The predicted molar refractivity (Wildman–Crippen MR) is 102 cm³/mol. The molecular formula is C20H19FO3S2. The quantitative estimate of drug-likeness (QED) is 0.555. The Morgan fingerprint density at radius 3 is 1.27 bits per heavy atom. The van der Waals surface area contributed by atoms with Gasteiger partial charge in [-0.2, -0.15) is 8.42 Å². The average Bonchev–Trinajstić information content (AvgIpc) is 2.68. The Bertz CT molecular complexity index is 847. The molecule has 0 bridgehead atoms. The van der Waals surface area contributed by atoms with E-state index < -0.39 is 25.9 Å². The maximum Gasteiger partial charge on any atom is 0.309 e. The van der Waals surface area contributed by atoms with Crippen molar-refractivity contribution >= 4 is 20.4 Å². The molecule has 0 saturated heterocycles. The zero-order valence-electron chi connectivity index (χ0n) is 14.2. The van der Waals surface area contributed by atoms with Gasteiger partial charge in [0.1, 0.15) is 0 Å². The van der Waals surface area contributed by atoms with Crippen molar-refractivity contribution < 1.29 is 16.4 Å². The molecule has 6 heteroatoms. The number of hydrogen-bond donors (Lipinski definition) is 0. The molecule has 136 valence electrons. The van der Waals surface area contributed by atoms with Gasteiger partial charge in [0.2, 0.25) is 5.50 Å². The van der Waals surface area contributed by atoms with Crippen molar-refractivity contribution in [1.82, 2.24) is 0 Å². The topological polar surface area (TPSA) is 43.4 Å². The lowest BCUT2D eigenvalue weighted by Gasteiger charge is -2.39. The molecule has 0 radical (unpaired) electrons. The summed E-state index contributed by atoms with van der Waals surface area (Å²) in [5.74, 6) is 0. The molecule has 0 N–H and O–H groups in total. The van der Waals surface area contributed by atoms with Gasteiger partial charge in [-0.15, -0.1) is 0 Å². The van der Waals surface area contributed by atoms with E-state index in [9.17, 15) is 12.8 Å². The van der Waals surface area contributed by atoms with Gasteiger partial charge in [-0.05, 0) is 53.6 Å². The van der Waals surface area contributed by atoms with E-state index in [-0.39, 0.29) is 0 Å². The first kappa shape index (κ1) is 18.6. The minimum atomic E-state index is -4.43. The summed E-state index contributed by atoms with van der Waals surface area (Å²) in [7, 11) is -7.09. The van der Waals surface area contributed by atoms with Crippen LogP contribution >= 0.6 is 10.3 Å². The molecule has 0 saturated carbocycles. The van der Waals surface area contributed by atoms with E-state index in [0.717, 1.165) is 6.92 Å². The highest BCUT2D eigenvalue weighted by Crippen LogP contribution is 2.70. The molecule has 3 rings (SSSR count). The summed E-state index contributed by atoms with van der Waals surface area (Å²) in [6.45, 7) is 0.973. The summed E-state index contributed by atoms with van der Waals surface area (Å²) in [5, 5.41) is 0. The zero-order chi connectivity index (χ0) is 18.6. The molecule has 3 aromatic rings. The van der Waals surface area contributed by atoms with Crippen LogP contribution in [0.25, 0.3) is 0 Å². The minimum Gasteiger partial charge on any atom is -0.228 e. The molecule has 0 aromatic heterocycles. The minimum absolute atomic E-state index is 0.682. The molecule has 3 aromatic carbocycles. The van der Waals surface area contributed by atoms with Gasteiger partial charge in [0.15, 0.2) is 0 Å². The molecule has 0 spiro atoms. The van der Waals surface area contributed by atoms with Crippen molar-refractivity contribution in [2.45, 2.75) is 27.1 Å². The fourth-order valence-corrected chi connectivity index (χ4v) is 7.51. The Hall–Kier alpha value is -2.15. The van der Waals surface area contributed by atoms with Gasteiger partial charge in [-0.3, -0.25) is 0 Å². The largest absolute Gasteiger partial charge is 0.309 e. The van der Waals surface area contributed by atoms with Crippen LogP contribution in [0, 0.1) is 0 Å². The van der Waals surface area contributed by atoms with Crippen molar-refractivity contribution in [2.24, 2.45) is 0 Å².